The minimum atomic E-state index is 0.394. The molecule has 102 valence electrons. The largest absolute Gasteiger partial charge is 0.378 e. The third kappa shape index (κ3) is 2.83. The molecule has 0 aliphatic carbocycles. The molecule has 0 bridgehead atoms. The van der Waals surface area contributed by atoms with Gasteiger partial charge in [-0.25, -0.2) is 0 Å². The number of rotatable bonds is 4. The minimum absolute atomic E-state index is 0.394. The molecule has 1 fully saturated rings. The SMILES string of the molecule is CNC(CC1CCCCO1)c1cccc2ccsc12. The third-order valence-corrected chi connectivity index (χ3v) is 4.99. The number of thiophene rings is 1. The van der Waals surface area contributed by atoms with Crippen LogP contribution >= 0.6 is 11.3 Å². The zero-order chi connectivity index (χ0) is 13.1. The average molecular weight is 275 g/mol. The smallest absolute Gasteiger partial charge is 0.0593 e. The van der Waals surface area contributed by atoms with Crippen LogP contribution < -0.4 is 5.32 Å². The number of ether oxygens (including phenoxy) is 1. The Kier molecular flexibility index (Phi) is 4.16. The standard InChI is InChI=1S/C16H21NOS/c1-17-15(11-13-6-2-3-9-18-13)14-7-4-5-12-8-10-19-16(12)14/h4-5,7-8,10,13,15,17H,2-3,6,9,11H2,1H3. The van der Waals surface area contributed by atoms with E-state index in [9.17, 15) is 0 Å². The molecule has 0 saturated carbocycles. The first kappa shape index (κ1) is 13.1. The van der Waals surface area contributed by atoms with Gasteiger partial charge in [0.1, 0.15) is 0 Å². The highest BCUT2D eigenvalue weighted by atomic mass is 32.1. The maximum Gasteiger partial charge on any atom is 0.0593 e. The summed E-state index contributed by atoms with van der Waals surface area (Å²) in [5.74, 6) is 0. The van der Waals surface area contributed by atoms with Gasteiger partial charge in [-0.2, -0.15) is 0 Å². The molecule has 2 unspecified atom stereocenters. The maximum atomic E-state index is 5.89. The molecule has 0 amide bonds. The Morgan fingerprint density at radius 2 is 2.32 bits per heavy atom. The summed E-state index contributed by atoms with van der Waals surface area (Å²) in [5, 5.41) is 7.01. The van der Waals surface area contributed by atoms with Gasteiger partial charge in [0.2, 0.25) is 0 Å². The number of benzene rings is 1. The van der Waals surface area contributed by atoms with E-state index in [1.807, 2.05) is 11.3 Å². The zero-order valence-corrected chi connectivity index (χ0v) is 12.2. The van der Waals surface area contributed by atoms with Crippen molar-refractivity contribution < 1.29 is 4.74 Å². The van der Waals surface area contributed by atoms with Crippen molar-refractivity contribution in [1.82, 2.24) is 5.32 Å². The summed E-state index contributed by atoms with van der Waals surface area (Å²) in [5.41, 5.74) is 1.42. The van der Waals surface area contributed by atoms with Crippen molar-refractivity contribution in [2.45, 2.75) is 37.8 Å². The Bertz CT molecular complexity index is 530. The van der Waals surface area contributed by atoms with Crippen LogP contribution in [0.3, 0.4) is 0 Å². The van der Waals surface area contributed by atoms with Crippen molar-refractivity contribution in [3.63, 3.8) is 0 Å². The van der Waals surface area contributed by atoms with Crippen LogP contribution in [0.25, 0.3) is 10.1 Å². The van der Waals surface area contributed by atoms with Gasteiger partial charge in [-0.15, -0.1) is 11.3 Å². The molecule has 1 aliphatic rings. The van der Waals surface area contributed by atoms with Gasteiger partial charge in [-0.1, -0.05) is 18.2 Å². The van der Waals surface area contributed by atoms with E-state index in [1.165, 1.54) is 34.9 Å². The molecule has 1 aliphatic heterocycles. The maximum absolute atomic E-state index is 5.89. The van der Waals surface area contributed by atoms with E-state index >= 15 is 0 Å². The van der Waals surface area contributed by atoms with Crippen LogP contribution in [-0.4, -0.2) is 19.8 Å². The number of nitrogens with one attached hydrogen (secondary N) is 1. The van der Waals surface area contributed by atoms with Crippen molar-refractivity contribution >= 4 is 21.4 Å². The van der Waals surface area contributed by atoms with Crippen molar-refractivity contribution in [3.8, 4) is 0 Å². The van der Waals surface area contributed by atoms with Crippen LogP contribution in [0.4, 0.5) is 0 Å². The molecule has 2 aromatic rings. The fraction of sp³-hybridized carbons (Fsp3) is 0.500. The first-order valence-electron chi connectivity index (χ1n) is 7.13. The van der Waals surface area contributed by atoms with Crippen molar-refractivity contribution in [2.75, 3.05) is 13.7 Å². The third-order valence-electron chi connectivity index (χ3n) is 4.01. The zero-order valence-electron chi connectivity index (χ0n) is 11.4. The number of hydrogen-bond acceptors (Lipinski definition) is 3. The molecule has 3 heteroatoms. The predicted molar refractivity (Wildman–Crippen MR) is 81.8 cm³/mol. The van der Waals surface area contributed by atoms with Crippen LogP contribution in [0.15, 0.2) is 29.6 Å². The summed E-state index contributed by atoms with van der Waals surface area (Å²) in [7, 11) is 2.06. The molecule has 3 rings (SSSR count). The fourth-order valence-electron chi connectivity index (χ4n) is 2.95. The summed E-state index contributed by atoms with van der Waals surface area (Å²) in [6.07, 6.45) is 5.24. The average Bonchev–Trinajstić information content (AvgIpc) is 2.94. The van der Waals surface area contributed by atoms with E-state index in [4.69, 9.17) is 4.74 Å². The quantitative estimate of drug-likeness (QED) is 0.906. The van der Waals surface area contributed by atoms with Gasteiger partial charge >= 0.3 is 0 Å². The molecule has 1 aromatic carbocycles. The van der Waals surface area contributed by atoms with E-state index in [0.717, 1.165) is 13.0 Å². The Hall–Kier alpha value is -0.900. The molecule has 2 heterocycles. The van der Waals surface area contributed by atoms with E-state index in [1.54, 1.807) is 0 Å². The Morgan fingerprint density at radius 1 is 1.37 bits per heavy atom. The highest BCUT2D eigenvalue weighted by Crippen LogP contribution is 2.32. The van der Waals surface area contributed by atoms with Gasteiger partial charge < -0.3 is 10.1 Å². The van der Waals surface area contributed by atoms with Gasteiger partial charge in [0.25, 0.3) is 0 Å². The van der Waals surface area contributed by atoms with Crippen LogP contribution in [0.1, 0.15) is 37.3 Å². The van der Waals surface area contributed by atoms with Gasteiger partial charge in [-0.3, -0.25) is 0 Å². The van der Waals surface area contributed by atoms with Crippen molar-refractivity contribution in [2.24, 2.45) is 0 Å². The molecule has 2 atom stereocenters. The lowest BCUT2D eigenvalue weighted by Gasteiger charge is -2.27. The van der Waals surface area contributed by atoms with Crippen LogP contribution in [0, 0.1) is 0 Å². The lowest BCUT2D eigenvalue weighted by molar-refractivity contribution is 0.00557. The highest BCUT2D eigenvalue weighted by molar-refractivity contribution is 7.17. The monoisotopic (exact) mass is 275 g/mol. The Morgan fingerprint density at radius 3 is 3.11 bits per heavy atom. The van der Waals surface area contributed by atoms with E-state index in [2.05, 4.69) is 42.0 Å². The van der Waals surface area contributed by atoms with E-state index in [0.29, 0.717) is 12.1 Å². The Balaban J connectivity index is 1.82. The second kappa shape index (κ2) is 6.04. The summed E-state index contributed by atoms with van der Waals surface area (Å²) < 4.78 is 7.30. The molecule has 19 heavy (non-hydrogen) atoms. The molecule has 0 spiro atoms. The lowest BCUT2D eigenvalue weighted by atomic mass is 9.96. The molecule has 1 aromatic heterocycles. The lowest BCUT2D eigenvalue weighted by Crippen LogP contribution is -2.26. The molecular weight excluding hydrogens is 254 g/mol. The highest BCUT2D eigenvalue weighted by Gasteiger charge is 2.21. The molecular formula is C16H21NOS. The fourth-order valence-corrected chi connectivity index (χ4v) is 3.92. The van der Waals surface area contributed by atoms with E-state index < -0.39 is 0 Å². The molecule has 1 N–H and O–H groups in total. The molecule has 0 radical (unpaired) electrons. The summed E-state index contributed by atoms with van der Waals surface area (Å²) in [6.45, 7) is 0.935. The summed E-state index contributed by atoms with van der Waals surface area (Å²) >= 11 is 1.84. The predicted octanol–water partition coefficient (Wildman–Crippen LogP) is 4.12. The van der Waals surface area contributed by atoms with Gasteiger partial charge in [0, 0.05) is 17.3 Å². The minimum Gasteiger partial charge on any atom is -0.378 e. The normalized spacial score (nSPS) is 21.6. The first-order valence-corrected chi connectivity index (χ1v) is 8.01. The van der Waals surface area contributed by atoms with Crippen LogP contribution in [-0.2, 0) is 4.74 Å². The summed E-state index contributed by atoms with van der Waals surface area (Å²) in [6, 6.07) is 9.21. The van der Waals surface area contributed by atoms with Crippen molar-refractivity contribution in [1.29, 1.82) is 0 Å². The first-order chi connectivity index (χ1) is 9.38. The van der Waals surface area contributed by atoms with E-state index in [-0.39, 0.29) is 0 Å². The van der Waals surface area contributed by atoms with Gasteiger partial charge in [0.15, 0.2) is 0 Å². The van der Waals surface area contributed by atoms with Crippen molar-refractivity contribution in [3.05, 3.63) is 35.2 Å². The number of hydrogen-bond donors (Lipinski definition) is 1. The molecule has 2 nitrogen and oxygen atoms in total. The number of fused-ring (bicyclic) bond motifs is 1. The second-order valence-electron chi connectivity index (χ2n) is 5.25. The van der Waals surface area contributed by atoms with Crippen LogP contribution in [0.5, 0.6) is 0 Å². The second-order valence-corrected chi connectivity index (χ2v) is 6.17. The van der Waals surface area contributed by atoms with Crippen LogP contribution in [0.2, 0.25) is 0 Å². The topological polar surface area (TPSA) is 21.3 Å². The Labute approximate surface area is 118 Å². The molecule has 1 saturated heterocycles. The summed E-state index contributed by atoms with van der Waals surface area (Å²) in [4.78, 5) is 0. The van der Waals surface area contributed by atoms with Gasteiger partial charge in [-0.05, 0) is 55.1 Å². The van der Waals surface area contributed by atoms with Gasteiger partial charge in [0.05, 0.1) is 6.10 Å².